The van der Waals surface area contributed by atoms with Crippen molar-refractivity contribution in [2.75, 3.05) is 24.7 Å². The molecule has 1 unspecified atom stereocenters. The number of amides is 1. The molecule has 21 heavy (non-hydrogen) atoms. The number of sulfone groups is 1. The second-order valence-electron chi connectivity index (χ2n) is 4.91. The van der Waals surface area contributed by atoms with Crippen molar-refractivity contribution in [3.05, 3.63) is 32.4 Å². The van der Waals surface area contributed by atoms with Crippen LogP contribution in [0, 0.1) is 3.57 Å². The second kappa shape index (κ2) is 6.80. The number of carbonyl (C=O) groups excluding carboxylic acids is 1. The number of nitrogens with zero attached hydrogens (tertiary/aromatic N) is 1. The van der Waals surface area contributed by atoms with Gasteiger partial charge in [-0.2, -0.15) is 0 Å². The Kier molecular flexibility index (Phi) is 5.50. The Hall–Kier alpha value is -0.380. The van der Waals surface area contributed by atoms with E-state index < -0.39 is 9.84 Å². The molecule has 2 rings (SSSR count). The van der Waals surface area contributed by atoms with Crippen LogP contribution in [0.5, 0.6) is 0 Å². The third kappa shape index (κ3) is 4.08. The molecule has 0 spiro atoms. The fourth-order valence-corrected chi connectivity index (χ4v) is 4.62. The molecule has 1 aromatic carbocycles. The van der Waals surface area contributed by atoms with Crippen LogP contribution in [-0.4, -0.2) is 55.0 Å². The molecule has 1 aliphatic rings. The zero-order valence-electron chi connectivity index (χ0n) is 11.1. The van der Waals surface area contributed by atoms with Crippen LogP contribution in [-0.2, 0) is 9.84 Å². The Balaban J connectivity index is 2.25. The summed E-state index contributed by atoms with van der Waals surface area (Å²) in [5, 5.41) is 9.63. The number of carbonyl (C=O) groups is 1. The molecule has 0 bridgehead atoms. The van der Waals surface area contributed by atoms with Gasteiger partial charge in [0.25, 0.3) is 5.91 Å². The molecule has 1 saturated heterocycles. The Morgan fingerprint density at radius 2 is 2.19 bits per heavy atom. The van der Waals surface area contributed by atoms with Crippen molar-refractivity contribution >= 4 is 49.9 Å². The minimum Gasteiger partial charge on any atom is -0.395 e. The SMILES string of the molecule is O=C(c1ccc(I)c(Cl)c1)N(CCO)C1CCS(=O)(=O)C1. The topological polar surface area (TPSA) is 74.7 Å². The monoisotopic (exact) mass is 443 g/mol. The molecular formula is C13H15ClINO4S. The molecule has 116 valence electrons. The van der Waals surface area contributed by atoms with E-state index in [1.54, 1.807) is 18.2 Å². The summed E-state index contributed by atoms with van der Waals surface area (Å²) in [5.74, 6) is -0.263. The van der Waals surface area contributed by atoms with Gasteiger partial charge in [-0.3, -0.25) is 4.79 Å². The van der Waals surface area contributed by atoms with E-state index in [1.807, 2.05) is 0 Å². The van der Waals surface area contributed by atoms with E-state index in [0.717, 1.165) is 3.57 Å². The minimum absolute atomic E-state index is 0.0448. The van der Waals surface area contributed by atoms with Gasteiger partial charge in [0, 0.05) is 21.7 Å². The third-order valence-electron chi connectivity index (χ3n) is 3.42. The average Bonchev–Trinajstić information content (AvgIpc) is 2.78. The van der Waals surface area contributed by atoms with Crippen molar-refractivity contribution in [3.63, 3.8) is 0 Å². The van der Waals surface area contributed by atoms with E-state index in [-0.39, 0.29) is 36.6 Å². The van der Waals surface area contributed by atoms with Crippen molar-refractivity contribution in [2.45, 2.75) is 12.5 Å². The number of halogens is 2. The summed E-state index contributed by atoms with van der Waals surface area (Å²) in [4.78, 5) is 14.0. The first-order chi connectivity index (χ1) is 9.84. The molecule has 1 heterocycles. The molecule has 1 aliphatic heterocycles. The molecule has 1 amide bonds. The molecule has 1 aromatic rings. The zero-order valence-corrected chi connectivity index (χ0v) is 14.9. The number of hydrogen-bond donors (Lipinski definition) is 1. The van der Waals surface area contributed by atoms with Gasteiger partial charge >= 0.3 is 0 Å². The van der Waals surface area contributed by atoms with Gasteiger partial charge in [-0.05, 0) is 47.2 Å². The summed E-state index contributed by atoms with van der Waals surface area (Å²) in [5.41, 5.74) is 0.401. The van der Waals surface area contributed by atoms with Crippen LogP contribution in [0.25, 0.3) is 0 Å². The van der Waals surface area contributed by atoms with E-state index >= 15 is 0 Å². The number of hydrogen-bond acceptors (Lipinski definition) is 4. The fourth-order valence-electron chi connectivity index (χ4n) is 2.37. The number of rotatable bonds is 4. The molecular weight excluding hydrogens is 429 g/mol. The standard InChI is InChI=1S/C13H15ClINO4S/c14-11-7-9(1-2-12(11)15)13(18)16(4-5-17)10-3-6-21(19,20)8-10/h1-2,7,10,17H,3-6,8H2. The first-order valence-corrected chi connectivity index (χ1v) is 9.69. The highest BCUT2D eigenvalue weighted by Gasteiger charge is 2.34. The van der Waals surface area contributed by atoms with Crippen molar-refractivity contribution in [3.8, 4) is 0 Å². The largest absolute Gasteiger partial charge is 0.395 e. The molecule has 5 nitrogen and oxygen atoms in total. The summed E-state index contributed by atoms with van der Waals surface area (Å²) >= 11 is 8.09. The van der Waals surface area contributed by atoms with Crippen LogP contribution in [0.15, 0.2) is 18.2 Å². The quantitative estimate of drug-likeness (QED) is 0.717. The molecule has 0 aliphatic carbocycles. The Morgan fingerprint density at radius 3 is 2.71 bits per heavy atom. The highest BCUT2D eigenvalue weighted by Crippen LogP contribution is 2.23. The van der Waals surface area contributed by atoms with Crippen LogP contribution in [0.2, 0.25) is 5.02 Å². The lowest BCUT2D eigenvalue weighted by Crippen LogP contribution is -2.42. The van der Waals surface area contributed by atoms with Gasteiger partial charge in [0.1, 0.15) is 0 Å². The van der Waals surface area contributed by atoms with Crippen molar-refractivity contribution in [1.29, 1.82) is 0 Å². The fraction of sp³-hybridized carbons (Fsp3) is 0.462. The predicted molar refractivity (Wildman–Crippen MR) is 89.4 cm³/mol. The van der Waals surface area contributed by atoms with E-state index in [1.165, 1.54) is 4.90 Å². The Labute approximate surface area is 142 Å². The van der Waals surface area contributed by atoms with Crippen molar-refractivity contribution < 1.29 is 18.3 Å². The third-order valence-corrected chi connectivity index (χ3v) is 6.74. The molecule has 0 aromatic heterocycles. The summed E-state index contributed by atoms with van der Waals surface area (Å²) in [6.07, 6.45) is 0.409. The normalized spacial score (nSPS) is 20.4. The van der Waals surface area contributed by atoms with E-state index in [0.29, 0.717) is 17.0 Å². The highest BCUT2D eigenvalue weighted by atomic mass is 127. The van der Waals surface area contributed by atoms with Gasteiger partial charge in [0.05, 0.1) is 23.1 Å². The zero-order chi connectivity index (χ0) is 15.6. The van der Waals surface area contributed by atoms with Gasteiger partial charge in [-0.25, -0.2) is 8.42 Å². The van der Waals surface area contributed by atoms with Gasteiger partial charge in [0.15, 0.2) is 9.84 Å². The van der Waals surface area contributed by atoms with Crippen LogP contribution in [0.3, 0.4) is 0 Å². The van der Waals surface area contributed by atoms with Crippen LogP contribution >= 0.6 is 34.2 Å². The molecule has 8 heteroatoms. The molecule has 1 fully saturated rings. The highest BCUT2D eigenvalue weighted by molar-refractivity contribution is 14.1. The Bertz CT molecular complexity index is 650. The van der Waals surface area contributed by atoms with Crippen LogP contribution < -0.4 is 0 Å². The lowest BCUT2D eigenvalue weighted by atomic mass is 10.1. The van der Waals surface area contributed by atoms with Gasteiger partial charge in [-0.15, -0.1) is 0 Å². The maximum atomic E-state index is 12.6. The van der Waals surface area contributed by atoms with Gasteiger partial charge < -0.3 is 10.0 Å². The molecule has 0 saturated carbocycles. The van der Waals surface area contributed by atoms with E-state index in [9.17, 15) is 13.2 Å². The summed E-state index contributed by atoms with van der Waals surface area (Å²) < 4.78 is 24.0. The summed E-state index contributed by atoms with van der Waals surface area (Å²) in [7, 11) is -3.09. The van der Waals surface area contributed by atoms with E-state index in [2.05, 4.69) is 22.6 Å². The maximum Gasteiger partial charge on any atom is 0.254 e. The summed E-state index contributed by atoms with van der Waals surface area (Å²) in [6, 6.07) is 4.58. The molecule has 1 N–H and O–H groups in total. The minimum atomic E-state index is -3.09. The number of benzene rings is 1. The number of aliphatic hydroxyl groups excluding tert-OH is 1. The van der Waals surface area contributed by atoms with Gasteiger partial charge in [0.2, 0.25) is 0 Å². The Morgan fingerprint density at radius 1 is 1.48 bits per heavy atom. The molecule has 0 radical (unpaired) electrons. The smallest absolute Gasteiger partial charge is 0.254 e. The lowest BCUT2D eigenvalue weighted by molar-refractivity contribution is 0.0655. The van der Waals surface area contributed by atoms with E-state index in [4.69, 9.17) is 16.7 Å². The average molecular weight is 444 g/mol. The number of aliphatic hydroxyl groups is 1. The van der Waals surface area contributed by atoms with Crippen molar-refractivity contribution in [2.24, 2.45) is 0 Å². The van der Waals surface area contributed by atoms with Crippen LogP contribution in [0.1, 0.15) is 16.8 Å². The summed E-state index contributed by atoms with van der Waals surface area (Å²) in [6.45, 7) is -0.0942. The lowest BCUT2D eigenvalue weighted by Gasteiger charge is -2.27. The molecule has 1 atom stereocenters. The van der Waals surface area contributed by atoms with Crippen molar-refractivity contribution in [1.82, 2.24) is 4.90 Å². The van der Waals surface area contributed by atoms with Gasteiger partial charge in [-0.1, -0.05) is 11.6 Å². The second-order valence-corrected chi connectivity index (χ2v) is 8.71. The van der Waals surface area contributed by atoms with Crippen LogP contribution in [0.4, 0.5) is 0 Å². The first-order valence-electron chi connectivity index (χ1n) is 6.41. The predicted octanol–water partition coefficient (Wildman–Crippen LogP) is 1.57. The maximum absolute atomic E-state index is 12.6. The first kappa shape index (κ1) is 17.0.